The number of fused-ring (bicyclic) bond motifs is 2. The zero-order valence-corrected chi connectivity index (χ0v) is 20.5. The van der Waals surface area contributed by atoms with Gasteiger partial charge in [0.1, 0.15) is 6.54 Å². The van der Waals surface area contributed by atoms with E-state index in [0.29, 0.717) is 24.1 Å². The summed E-state index contributed by atoms with van der Waals surface area (Å²) in [5, 5.41) is 5.19. The minimum absolute atomic E-state index is 0.0232. The maximum Gasteiger partial charge on any atom is 0.418 e. The van der Waals surface area contributed by atoms with Crippen LogP contribution in [0.5, 0.6) is 0 Å². The number of hydrogen-bond donors (Lipinski definition) is 2. The number of anilines is 1. The lowest BCUT2D eigenvalue weighted by Gasteiger charge is -2.30. The van der Waals surface area contributed by atoms with Crippen LogP contribution in [0.2, 0.25) is 0 Å². The third kappa shape index (κ3) is 3.86. The fourth-order valence-corrected chi connectivity index (χ4v) is 5.55. The molecule has 2 aliphatic heterocycles. The van der Waals surface area contributed by atoms with Gasteiger partial charge in [-0.3, -0.25) is 14.6 Å². The topological polar surface area (TPSA) is 121 Å². The summed E-state index contributed by atoms with van der Waals surface area (Å²) in [5.41, 5.74) is 2.39. The third-order valence-electron chi connectivity index (χ3n) is 7.41. The Morgan fingerprint density at radius 1 is 1.19 bits per heavy atom. The molecule has 10 nitrogen and oxygen atoms in total. The standard InChI is InChI=1S/C26H29N5O5/c1-15-4-6-18(13-28-15)21-9-5-16(2)31(21)22(32)14-30-23(33)26(36-25(30)35)11-10-17-12-19(7-8-20(17)26)29-24(34)27-3/h4,6-8,12-13,16,21H,5,9-11,14H2,1-3H3,(H2,27,29,34)/t16-,21+,26-/m1/s1. The fraction of sp³-hybridized carbons (Fsp3) is 0.423. The van der Waals surface area contributed by atoms with Crippen LogP contribution in [0, 0.1) is 6.92 Å². The molecule has 2 aromatic rings. The van der Waals surface area contributed by atoms with Crippen molar-refractivity contribution < 1.29 is 23.9 Å². The fourth-order valence-electron chi connectivity index (χ4n) is 5.55. The molecule has 5 amide bonds. The van der Waals surface area contributed by atoms with Gasteiger partial charge in [-0.15, -0.1) is 0 Å². The lowest BCUT2D eigenvalue weighted by Crippen LogP contribution is -2.46. The predicted molar refractivity (Wildman–Crippen MR) is 130 cm³/mol. The summed E-state index contributed by atoms with van der Waals surface area (Å²) in [7, 11) is 1.52. The number of nitrogens with one attached hydrogen (secondary N) is 2. The number of amides is 5. The van der Waals surface area contributed by atoms with E-state index in [0.717, 1.165) is 34.6 Å². The number of pyridine rings is 1. The number of likely N-dealkylation sites (tertiary alicyclic amines) is 1. The number of rotatable bonds is 4. The molecule has 2 saturated heterocycles. The lowest BCUT2D eigenvalue weighted by atomic mass is 9.94. The zero-order valence-electron chi connectivity index (χ0n) is 20.5. The van der Waals surface area contributed by atoms with Gasteiger partial charge in [-0.1, -0.05) is 12.1 Å². The molecule has 1 aromatic carbocycles. The highest BCUT2D eigenvalue weighted by atomic mass is 16.6. The van der Waals surface area contributed by atoms with E-state index in [4.69, 9.17) is 4.74 Å². The zero-order chi connectivity index (χ0) is 25.6. The van der Waals surface area contributed by atoms with E-state index in [9.17, 15) is 19.2 Å². The number of aryl methyl sites for hydroxylation is 2. The van der Waals surface area contributed by atoms with Crippen LogP contribution in [0.25, 0.3) is 0 Å². The van der Waals surface area contributed by atoms with Crippen molar-refractivity contribution in [3.63, 3.8) is 0 Å². The Morgan fingerprint density at radius 2 is 2.00 bits per heavy atom. The Hall–Kier alpha value is -3.95. The number of nitrogens with zero attached hydrogens (tertiary/aromatic N) is 3. The van der Waals surface area contributed by atoms with Gasteiger partial charge >= 0.3 is 12.1 Å². The van der Waals surface area contributed by atoms with Crippen molar-refractivity contribution in [1.82, 2.24) is 20.1 Å². The van der Waals surface area contributed by atoms with Gasteiger partial charge < -0.3 is 20.3 Å². The van der Waals surface area contributed by atoms with Crippen LogP contribution in [0.1, 0.15) is 54.6 Å². The Balaban J connectivity index is 1.35. The molecule has 36 heavy (non-hydrogen) atoms. The van der Waals surface area contributed by atoms with Crippen LogP contribution in [0.15, 0.2) is 36.5 Å². The van der Waals surface area contributed by atoms with Crippen molar-refractivity contribution in [3.8, 4) is 0 Å². The van der Waals surface area contributed by atoms with Crippen molar-refractivity contribution in [2.24, 2.45) is 0 Å². The molecule has 2 fully saturated rings. The summed E-state index contributed by atoms with van der Waals surface area (Å²) in [6.45, 7) is 3.51. The van der Waals surface area contributed by atoms with Crippen molar-refractivity contribution in [2.75, 3.05) is 18.9 Å². The summed E-state index contributed by atoms with van der Waals surface area (Å²) in [6, 6.07) is 8.51. The summed E-state index contributed by atoms with van der Waals surface area (Å²) in [6.07, 6.45) is 3.38. The highest BCUT2D eigenvalue weighted by molar-refractivity contribution is 6.06. The number of imide groups is 1. The Kier molecular flexibility index (Phi) is 5.89. The van der Waals surface area contributed by atoms with Crippen molar-refractivity contribution in [3.05, 3.63) is 58.9 Å². The third-order valence-corrected chi connectivity index (χ3v) is 7.41. The summed E-state index contributed by atoms with van der Waals surface area (Å²) >= 11 is 0. The number of ether oxygens (including phenoxy) is 1. The predicted octanol–water partition coefficient (Wildman–Crippen LogP) is 3.01. The van der Waals surface area contributed by atoms with Gasteiger partial charge in [-0.2, -0.15) is 0 Å². The Labute approximate surface area is 209 Å². The van der Waals surface area contributed by atoms with Crippen LogP contribution < -0.4 is 10.6 Å². The molecule has 3 aliphatic rings. The van der Waals surface area contributed by atoms with Crippen LogP contribution in [0.3, 0.4) is 0 Å². The van der Waals surface area contributed by atoms with Crippen LogP contribution in [-0.4, -0.2) is 58.4 Å². The number of carbonyl (C=O) groups excluding carboxylic acids is 4. The molecule has 3 atom stereocenters. The second-order valence-electron chi connectivity index (χ2n) is 9.64. The summed E-state index contributed by atoms with van der Waals surface area (Å²) < 4.78 is 5.68. The Morgan fingerprint density at radius 3 is 2.72 bits per heavy atom. The van der Waals surface area contributed by atoms with Crippen LogP contribution >= 0.6 is 0 Å². The first-order valence-electron chi connectivity index (χ1n) is 12.1. The minimum atomic E-state index is -1.44. The number of hydrogen-bond acceptors (Lipinski definition) is 6. The molecular weight excluding hydrogens is 462 g/mol. The highest BCUT2D eigenvalue weighted by Crippen LogP contribution is 2.46. The first-order valence-corrected chi connectivity index (χ1v) is 12.1. The van der Waals surface area contributed by atoms with E-state index in [2.05, 4.69) is 15.6 Å². The molecule has 5 rings (SSSR count). The van der Waals surface area contributed by atoms with Gasteiger partial charge in [0.15, 0.2) is 0 Å². The molecule has 1 aliphatic carbocycles. The number of aromatic nitrogens is 1. The van der Waals surface area contributed by atoms with E-state index in [1.165, 1.54) is 7.05 Å². The number of benzene rings is 1. The largest absolute Gasteiger partial charge is 0.427 e. The van der Waals surface area contributed by atoms with E-state index >= 15 is 0 Å². The van der Waals surface area contributed by atoms with Crippen LogP contribution in [-0.2, 0) is 26.3 Å². The van der Waals surface area contributed by atoms with E-state index in [1.54, 1.807) is 29.3 Å². The lowest BCUT2D eigenvalue weighted by molar-refractivity contribution is -0.143. The molecule has 1 aromatic heterocycles. The van der Waals surface area contributed by atoms with Gasteiger partial charge in [0.2, 0.25) is 11.5 Å². The number of urea groups is 1. The first kappa shape index (κ1) is 23.8. The molecule has 0 saturated carbocycles. The van der Waals surface area contributed by atoms with E-state index in [-0.39, 0.29) is 30.6 Å². The maximum atomic E-state index is 13.6. The smallest absolute Gasteiger partial charge is 0.418 e. The van der Waals surface area contributed by atoms with Gasteiger partial charge in [0, 0.05) is 42.7 Å². The van der Waals surface area contributed by atoms with Crippen molar-refractivity contribution in [2.45, 2.75) is 57.2 Å². The summed E-state index contributed by atoms with van der Waals surface area (Å²) in [4.78, 5) is 58.6. The molecular formula is C26H29N5O5. The van der Waals surface area contributed by atoms with Crippen molar-refractivity contribution in [1.29, 1.82) is 0 Å². The SMILES string of the molecule is CNC(=O)Nc1ccc2c(c1)CC[C@@]21OC(=O)N(CC(=O)N2[C@H](C)CC[C@H]2c2ccc(C)nc2)C1=O. The molecule has 0 unspecified atom stereocenters. The Bertz CT molecular complexity index is 1250. The van der Waals surface area contributed by atoms with Gasteiger partial charge in [0.05, 0.1) is 6.04 Å². The monoisotopic (exact) mass is 491 g/mol. The normalized spacial score (nSPS) is 24.8. The highest BCUT2D eigenvalue weighted by Gasteiger charge is 2.58. The average Bonchev–Trinajstić information content (AvgIpc) is 3.49. The van der Waals surface area contributed by atoms with E-state index < -0.39 is 17.6 Å². The van der Waals surface area contributed by atoms with Gasteiger partial charge in [0.25, 0.3) is 5.91 Å². The second kappa shape index (κ2) is 8.92. The molecule has 10 heteroatoms. The van der Waals surface area contributed by atoms with Gasteiger partial charge in [-0.25, -0.2) is 14.5 Å². The van der Waals surface area contributed by atoms with Gasteiger partial charge in [-0.05, 0) is 62.4 Å². The first-order chi connectivity index (χ1) is 17.2. The average molecular weight is 492 g/mol. The van der Waals surface area contributed by atoms with Crippen LogP contribution in [0.4, 0.5) is 15.3 Å². The minimum Gasteiger partial charge on any atom is -0.427 e. The van der Waals surface area contributed by atoms with Crippen molar-refractivity contribution >= 4 is 29.6 Å². The molecule has 2 N–H and O–H groups in total. The molecule has 1 spiro atoms. The molecule has 0 bridgehead atoms. The van der Waals surface area contributed by atoms with E-state index in [1.807, 2.05) is 26.0 Å². The number of carbonyl (C=O) groups is 4. The molecule has 0 radical (unpaired) electrons. The molecule has 3 heterocycles. The maximum absolute atomic E-state index is 13.6. The molecule has 188 valence electrons. The second-order valence-corrected chi connectivity index (χ2v) is 9.64. The quantitative estimate of drug-likeness (QED) is 0.678. The summed E-state index contributed by atoms with van der Waals surface area (Å²) in [5.74, 6) is -0.816.